The molecule has 17 heavy (non-hydrogen) atoms. The van der Waals surface area contributed by atoms with Crippen LogP contribution in [0.3, 0.4) is 0 Å². The monoisotopic (exact) mass is 240 g/mol. The van der Waals surface area contributed by atoms with Gasteiger partial charge in [-0.05, 0) is 30.6 Å². The van der Waals surface area contributed by atoms with Gasteiger partial charge >= 0.3 is 0 Å². The van der Waals surface area contributed by atoms with Gasteiger partial charge in [0.1, 0.15) is 0 Å². The van der Waals surface area contributed by atoms with Gasteiger partial charge in [-0.1, -0.05) is 34.1 Å². The van der Waals surface area contributed by atoms with Crippen LogP contribution in [0.15, 0.2) is 0 Å². The lowest BCUT2D eigenvalue weighted by molar-refractivity contribution is -0.126. The predicted molar refractivity (Wildman–Crippen MR) is 71.6 cm³/mol. The topological polar surface area (TPSA) is 55.1 Å². The normalized spacial score (nSPS) is 27.6. The second-order valence-electron chi connectivity index (χ2n) is 6.64. The summed E-state index contributed by atoms with van der Waals surface area (Å²) in [6, 6.07) is 0.222. The van der Waals surface area contributed by atoms with Gasteiger partial charge in [0.25, 0.3) is 0 Å². The Morgan fingerprint density at radius 1 is 1.41 bits per heavy atom. The van der Waals surface area contributed by atoms with Crippen LogP contribution < -0.4 is 11.1 Å². The van der Waals surface area contributed by atoms with Crippen LogP contribution in [0.25, 0.3) is 0 Å². The molecule has 0 spiro atoms. The van der Waals surface area contributed by atoms with Crippen molar-refractivity contribution in [1.29, 1.82) is 0 Å². The van der Waals surface area contributed by atoms with Crippen LogP contribution in [0.1, 0.15) is 53.4 Å². The van der Waals surface area contributed by atoms with E-state index in [1.807, 2.05) is 0 Å². The Labute approximate surface area is 106 Å². The summed E-state index contributed by atoms with van der Waals surface area (Å²) in [5.74, 6) is 0.839. The molecule has 0 heterocycles. The highest BCUT2D eigenvalue weighted by molar-refractivity contribution is 5.78. The lowest BCUT2D eigenvalue weighted by Crippen LogP contribution is -2.40. The van der Waals surface area contributed by atoms with Gasteiger partial charge in [0.15, 0.2) is 0 Å². The van der Waals surface area contributed by atoms with Crippen molar-refractivity contribution < 1.29 is 4.79 Å². The van der Waals surface area contributed by atoms with Crippen molar-refractivity contribution in [3.63, 3.8) is 0 Å². The average Bonchev–Trinajstić information content (AvgIpc) is 2.24. The van der Waals surface area contributed by atoms with E-state index in [-0.39, 0.29) is 23.3 Å². The molecule has 0 aliphatic heterocycles. The molecule has 100 valence electrons. The fourth-order valence-corrected chi connectivity index (χ4v) is 2.17. The summed E-state index contributed by atoms with van der Waals surface area (Å²) in [5.41, 5.74) is 6.15. The highest BCUT2D eigenvalue weighted by atomic mass is 16.1. The minimum atomic E-state index is 0.144. The number of nitrogens with one attached hydrogen (secondary N) is 1. The Morgan fingerprint density at radius 3 is 2.59 bits per heavy atom. The molecule has 0 radical (unpaired) electrons. The number of carbonyl (C=O) groups is 1. The molecule has 3 nitrogen and oxygen atoms in total. The van der Waals surface area contributed by atoms with Gasteiger partial charge in [-0.15, -0.1) is 0 Å². The zero-order valence-electron chi connectivity index (χ0n) is 11.8. The van der Waals surface area contributed by atoms with Crippen LogP contribution in [0, 0.1) is 17.3 Å². The van der Waals surface area contributed by atoms with Crippen LogP contribution >= 0.6 is 0 Å². The van der Waals surface area contributed by atoms with Gasteiger partial charge in [0.05, 0.1) is 0 Å². The molecule has 1 amide bonds. The molecule has 0 saturated heterocycles. The number of hydrogen-bond donors (Lipinski definition) is 2. The first kappa shape index (κ1) is 14.5. The van der Waals surface area contributed by atoms with Crippen molar-refractivity contribution in [1.82, 2.24) is 5.32 Å². The van der Waals surface area contributed by atoms with Gasteiger partial charge in [-0.2, -0.15) is 0 Å². The van der Waals surface area contributed by atoms with Crippen LogP contribution in [-0.2, 0) is 4.79 Å². The summed E-state index contributed by atoms with van der Waals surface area (Å²) < 4.78 is 0. The first-order valence-electron chi connectivity index (χ1n) is 6.84. The molecule has 1 saturated carbocycles. The van der Waals surface area contributed by atoms with E-state index < -0.39 is 0 Å². The molecule has 0 aromatic heterocycles. The van der Waals surface area contributed by atoms with E-state index in [1.54, 1.807) is 0 Å². The Kier molecular flexibility index (Phi) is 4.99. The molecule has 3 N–H and O–H groups in total. The fraction of sp³-hybridized carbons (Fsp3) is 0.929. The Hall–Kier alpha value is -0.570. The predicted octanol–water partition coefficient (Wildman–Crippen LogP) is 2.30. The first-order valence-corrected chi connectivity index (χ1v) is 6.84. The zero-order valence-corrected chi connectivity index (χ0v) is 11.8. The van der Waals surface area contributed by atoms with E-state index in [1.165, 1.54) is 0 Å². The van der Waals surface area contributed by atoms with Gasteiger partial charge in [0.2, 0.25) is 5.91 Å². The minimum absolute atomic E-state index is 0.144. The Morgan fingerprint density at radius 2 is 2.06 bits per heavy atom. The molecule has 0 aromatic carbocycles. The van der Waals surface area contributed by atoms with E-state index >= 15 is 0 Å². The van der Waals surface area contributed by atoms with Gasteiger partial charge in [-0.25, -0.2) is 0 Å². The summed E-state index contributed by atoms with van der Waals surface area (Å²) in [4.78, 5) is 12.0. The Bertz CT molecular complexity index is 257. The zero-order chi connectivity index (χ0) is 13.1. The maximum Gasteiger partial charge on any atom is 0.223 e. The maximum absolute atomic E-state index is 12.0. The van der Waals surface area contributed by atoms with E-state index in [4.69, 9.17) is 5.73 Å². The number of carbonyl (C=O) groups excluding carboxylic acids is 1. The summed E-state index contributed by atoms with van der Waals surface area (Å²) in [6.07, 6.45) is 4.02. The molecule has 3 atom stereocenters. The second kappa shape index (κ2) is 5.85. The van der Waals surface area contributed by atoms with Gasteiger partial charge in [-0.3, -0.25) is 4.79 Å². The van der Waals surface area contributed by atoms with Gasteiger partial charge < -0.3 is 11.1 Å². The number of nitrogens with two attached hydrogens (primary N) is 1. The second-order valence-corrected chi connectivity index (χ2v) is 6.64. The number of hydrogen-bond acceptors (Lipinski definition) is 2. The van der Waals surface area contributed by atoms with Crippen LogP contribution in [-0.4, -0.2) is 18.5 Å². The lowest BCUT2D eigenvalue weighted by atomic mass is 9.81. The standard InChI is InChI=1S/C14H28N2O/c1-10(14(2,3)4)9-16-13(17)11-6-5-7-12(15)8-11/h10-12H,5-9,15H2,1-4H3,(H,16,17). The minimum Gasteiger partial charge on any atom is -0.356 e. The SMILES string of the molecule is CC(CNC(=O)C1CCCC(N)C1)C(C)(C)C. The van der Waals surface area contributed by atoms with Gasteiger partial charge in [0, 0.05) is 18.5 Å². The molecule has 0 aromatic rings. The Balaban J connectivity index is 2.34. The average molecular weight is 240 g/mol. The van der Waals surface area contributed by atoms with Crippen molar-refractivity contribution in [2.75, 3.05) is 6.54 Å². The van der Waals surface area contributed by atoms with Crippen LogP contribution in [0.2, 0.25) is 0 Å². The van der Waals surface area contributed by atoms with E-state index in [2.05, 4.69) is 33.0 Å². The molecule has 1 fully saturated rings. The van der Waals surface area contributed by atoms with E-state index in [0.29, 0.717) is 5.92 Å². The largest absolute Gasteiger partial charge is 0.356 e. The van der Waals surface area contributed by atoms with Crippen molar-refractivity contribution in [3.8, 4) is 0 Å². The van der Waals surface area contributed by atoms with Crippen molar-refractivity contribution in [2.45, 2.75) is 59.4 Å². The maximum atomic E-state index is 12.0. The third-order valence-electron chi connectivity index (χ3n) is 4.15. The smallest absolute Gasteiger partial charge is 0.223 e. The van der Waals surface area contributed by atoms with Crippen molar-refractivity contribution in [3.05, 3.63) is 0 Å². The number of rotatable bonds is 3. The molecular formula is C14H28N2O. The van der Waals surface area contributed by atoms with E-state index in [9.17, 15) is 4.79 Å². The highest BCUT2D eigenvalue weighted by Crippen LogP contribution is 2.26. The summed E-state index contributed by atoms with van der Waals surface area (Å²) in [5, 5.41) is 3.08. The summed E-state index contributed by atoms with van der Waals surface area (Å²) >= 11 is 0. The quantitative estimate of drug-likeness (QED) is 0.795. The molecule has 3 heteroatoms. The molecular weight excluding hydrogens is 212 g/mol. The fourth-order valence-electron chi connectivity index (χ4n) is 2.17. The lowest BCUT2D eigenvalue weighted by Gasteiger charge is -2.29. The highest BCUT2D eigenvalue weighted by Gasteiger charge is 2.26. The summed E-state index contributed by atoms with van der Waals surface area (Å²) in [6.45, 7) is 9.59. The van der Waals surface area contributed by atoms with Crippen molar-refractivity contribution in [2.24, 2.45) is 23.0 Å². The van der Waals surface area contributed by atoms with Crippen LogP contribution in [0.4, 0.5) is 0 Å². The van der Waals surface area contributed by atoms with Crippen LogP contribution in [0.5, 0.6) is 0 Å². The molecule has 1 aliphatic rings. The molecule has 1 rings (SSSR count). The van der Waals surface area contributed by atoms with Crippen molar-refractivity contribution >= 4 is 5.91 Å². The molecule has 0 bridgehead atoms. The van der Waals surface area contributed by atoms with E-state index in [0.717, 1.165) is 32.2 Å². The first-order chi connectivity index (χ1) is 7.80. The molecule has 3 unspecified atom stereocenters. The third-order valence-corrected chi connectivity index (χ3v) is 4.15. The third kappa shape index (κ3) is 4.66. The summed E-state index contributed by atoms with van der Waals surface area (Å²) in [7, 11) is 0. The number of amides is 1. The molecule has 1 aliphatic carbocycles.